The molecule has 0 unspecified atom stereocenters. The van der Waals surface area contributed by atoms with Crippen LogP contribution in [0.5, 0.6) is 23.3 Å². The molecule has 2 aromatic heterocycles. The van der Waals surface area contributed by atoms with Crippen molar-refractivity contribution in [3.63, 3.8) is 0 Å². The van der Waals surface area contributed by atoms with Gasteiger partial charge in [0.1, 0.15) is 13.2 Å². The molecule has 0 spiro atoms. The number of pyridine rings is 2. The van der Waals surface area contributed by atoms with Crippen LogP contribution in [0.2, 0.25) is 0 Å². The topological polar surface area (TPSA) is 147 Å². The Bertz CT molecular complexity index is 1960. The molecule has 5 aliphatic rings. The van der Waals surface area contributed by atoms with Crippen LogP contribution < -0.4 is 70.3 Å². The second kappa shape index (κ2) is 20.6. The van der Waals surface area contributed by atoms with Crippen LogP contribution in [-0.4, -0.2) is 105 Å². The number of aliphatic hydroxyl groups excluding tert-OH is 1. The van der Waals surface area contributed by atoms with Gasteiger partial charge in [0.2, 0.25) is 5.91 Å². The van der Waals surface area contributed by atoms with Gasteiger partial charge in [0.15, 0.2) is 23.7 Å². The van der Waals surface area contributed by atoms with Gasteiger partial charge in [-0.15, -0.1) is 0 Å². The fourth-order valence-electron chi connectivity index (χ4n) is 7.91. The van der Waals surface area contributed by atoms with Crippen LogP contribution in [0.25, 0.3) is 0 Å². The molecule has 13 nitrogen and oxygen atoms in total. The summed E-state index contributed by atoms with van der Waals surface area (Å²) in [6.45, 7) is 7.21. The van der Waals surface area contributed by atoms with Gasteiger partial charge in [-0.05, 0) is 98.4 Å². The standard InChI is InChI=1S/C23H27N3O4.C20H22N2O4.CH4.K.H/c27-19-13-26(14-19)23(28)18-7-10-25(11-8-18)12-16-3-5-17(6-4-16)21-15-29-20-2-1-9-24-22(20)30-21;23-20(24)16-7-10-22(11-8-16)12-14-3-5-15(6-4-14)18-13-25-17-2-1-9-21-19(17)26-18;;;/h1-6,9,18-19,21,27H,7-8,10-15H2;1-6,9,16,18H,7-8,10-13H2,(H,23,24);1H4;;/q;;;+1;-1/t21-;18-;;;/m11.../s1. The number of fused-ring (bicyclic) bond motifs is 2. The van der Waals surface area contributed by atoms with Crippen molar-refractivity contribution in [1.29, 1.82) is 0 Å². The van der Waals surface area contributed by atoms with E-state index in [9.17, 15) is 14.7 Å². The smallest absolute Gasteiger partial charge is 1.00 e. The molecule has 9 rings (SSSR count). The van der Waals surface area contributed by atoms with Crippen molar-refractivity contribution in [2.75, 3.05) is 52.5 Å². The Hall–Kier alpha value is -3.60. The van der Waals surface area contributed by atoms with E-state index in [1.807, 2.05) is 24.3 Å². The van der Waals surface area contributed by atoms with Gasteiger partial charge >= 0.3 is 57.4 Å². The van der Waals surface area contributed by atoms with Crippen LogP contribution in [0, 0.1) is 11.8 Å². The number of carboxylic acid groups (broad SMARTS) is 1. The van der Waals surface area contributed by atoms with Crippen molar-refractivity contribution >= 4 is 11.9 Å². The van der Waals surface area contributed by atoms with Gasteiger partial charge in [-0.25, -0.2) is 9.97 Å². The fraction of sp³-hybridized carbons (Fsp3) is 0.455. The van der Waals surface area contributed by atoms with Crippen molar-refractivity contribution in [2.24, 2.45) is 11.8 Å². The van der Waals surface area contributed by atoms with Crippen molar-refractivity contribution in [3.05, 3.63) is 107 Å². The number of likely N-dealkylation sites (tertiary alicyclic amines) is 3. The van der Waals surface area contributed by atoms with Crippen molar-refractivity contribution in [3.8, 4) is 23.3 Å². The number of rotatable bonds is 8. The van der Waals surface area contributed by atoms with Gasteiger partial charge < -0.3 is 35.5 Å². The Balaban J connectivity index is 0.000000215. The summed E-state index contributed by atoms with van der Waals surface area (Å²) in [5.74, 6) is 1.93. The van der Waals surface area contributed by atoms with E-state index in [4.69, 9.17) is 24.1 Å². The minimum absolute atomic E-state index is 0. The van der Waals surface area contributed by atoms with E-state index < -0.39 is 5.97 Å². The van der Waals surface area contributed by atoms with Gasteiger partial charge in [0.05, 0.1) is 12.0 Å². The average Bonchev–Trinajstić information content (AvgIpc) is 3.23. The zero-order chi connectivity index (χ0) is 38.4. The number of aliphatic carboxylic acids is 1. The number of hydrogen-bond acceptors (Lipinski definition) is 11. The minimum Gasteiger partial charge on any atom is -1.00 e. The first-order chi connectivity index (χ1) is 27.3. The van der Waals surface area contributed by atoms with Gasteiger partial charge in [0, 0.05) is 44.5 Å². The Morgan fingerprint density at radius 3 is 1.52 bits per heavy atom. The Kier molecular flexibility index (Phi) is 15.6. The molecule has 7 heterocycles. The molecule has 2 aromatic carbocycles. The van der Waals surface area contributed by atoms with E-state index in [2.05, 4.69) is 68.3 Å². The molecular formula is C44H54KN5O8. The van der Waals surface area contributed by atoms with Crippen LogP contribution >= 0.6 is 0 Å². The molecule has 3 saturated heterocycles. The Morgan fingerprint density at radius 1 is 0.672 bits per heavy atom. The second-order valence-electron chi connectivity index (χ2n) is 15.3. The molecule has 14 heteroatoms. The van der Waals surface area contributed by atoms with E-state index in [-0.39, 0.29) is 96.3 Å². The summed E-state index contributed by atoms with van der Waals surface area (Å²) < 4.78 is 23.4. The number of nitrogens with zero attached hydrogens (tertiary/aromatic N) is 5. The monoisotopic (exact) mass is 819 g/mol. The molecule has 0 aliphatic carbocycles. The summed E-state index contributed by atoms with van der Waals surface area (Å²) in [6, 6.07) is 24.2. The molecule has 0 saturated carbocycles. The van der Waals surface area contributed by atoms with Crippen molar-refractivity contribution in [2.45, 2.75) is 64.5 Å². The molecule has 5 aliphatic heterocycles. The van der Waals surface area contributed by atoms with Gasteiger partial charge in [0.25, 0.3) is 11.8 Å². The van der Waals surface area contributed by atoms with Gasteiger partial charge in [-0.3, -0.25) is 19.4 Å². The number of carbonyl (C=O) groups is 2. The van der Waals surface area contributed by atoms with Crippen LogP contribution in [0.1, 0.15) is 69.0 Å². The molecule has 2 atom stereocenters. The molecule has 58 heavy (non-hydrogen) atoms. The maximum atomic E-state index is 12.4. The van der Waals surface area contributed by atoms with Gasteiger partial charge in [-0.1, -0.05) is 56.0 Å². The molecule has 0 radical (unpaired) electrons. The third kappa shape index (κ3) is 11.0. The number of benzene rings is 2. The number of amides is 1. The summed E-state index contributed by atoms with van der Waals surface area (Å²) in [7, 11) is 0. The van der Waals surface area contributed by atoms with Crippen molar-refractivity contribution in [1.82, 2.24) is 24.7 Å². The van der Waals surface area contributed by atoms with Crippen LogP contribution in [-0.2, 0) is 22.7 Å². The van der Waals surface area contributed by atoms with Crippen LogP contribution in [0.3, 0.4) is 0 Å². The summed E-state index contributed by atoms with van der Waals surface area (Å²) in [5.41, 5.74) is 4.62. The number of piperidine rings is 2. The summed E-state index contributed by atoms with van der Waals surface area (Å²) in [6.07, 6.45) is 6.01. The zero-order valence-electron chi connectivity index (χ0n) is 33.4. The summed E-state index contributed by atoms with van der Waals surface area (Å²) in [4.78, 5) is 38.4. The first-order valence-corrected chi connectivity index (χ1v) is 19.7. The van der Waals surface area contributed by atoms with Crippen molar-refractivity contribution < 1.29 is 91.6 Å². The molecular weight excluding hydrogens is 766 g/mol. The Labute approximate surface area is 384 Å². The summed E-state index contributed by atoms with van der Waals surface area (Å²) >= 11 is 0. The summed E-state index contributed by atoms with van der Waals surface area (Å²) in [5, 5.41) is 18.5. The SMILES string of the molecule is C.O=C(C1CCN(Cc2ccc([C@H]3COc4cccnc4O3)cc2)CC1)N1CC(O)C1.O=C(O)C1CCN(Cc2ccc([C@H]3COc4cccnc4O3)cc2)CC1.[H-].[K+]. The van der Waals surface area contributed by atoms with Crippen LogP contribution in [0.15, 0.2) is 85.2 Å². The van der Waals surface area contributed by atoms with E-state index in [0.29, 0.717) is 49.6 Å². The molecule has 304 valence electrons. The molecule has 1 amide bonds. The average molecular weight is 820 g/mol. The number of hydrogen-bond donors (Lipinski definition) is 2. The molecule has 3 fully saturated rings. The maximum Gasteiger partial charge on any atom is 1.00 e. The third-order valence-electron chi connectivity index (χ3n) is 11.3. The molecule has 4 aromatic rings. The predicted molar refractivity (Wildman–Crippen MR) is 213 cm³/mol. The van der Waals surface area contributed by atoms with Crippen LogP contribution in [0.4, 0.5) is 0 Å². The van der Waals surface area contributed by atoms with E-state index in [1.165, 1.54) is 11.1 Å². The zero-order valence-corrected chi connectivity index (χ0v) is 35.6. The van der Waals surface area contributed by atoms with E-state index in [0.717, 1.165) is 76.1 Å². The number of β-amino-alcohol motifs (C(OH)–C–C–N with tert-alkyl or cyclic N) is 1. The number of ether oxygens (including phenoxy) is 4. The van der Waals surface area contributed by atoms with Gasteiger partial charge in [-0.2, -0.15) is 0 Å². The van der Waals surface area contributed by atoms with E-state index >= 15 is 0 Å². The predicted octanol–water partition coefficient (Wildman–Crippen LogP) is 2.65. The quantitative estimate of drug-likeness (QED) is 0.252. The Morgan fingerprint density at radius 2 is 1.10 bits per heavy atom. The first-order valence-electron chi connectivity index (χ1n) is 19.7. The van der Waals surface area contributed by atoms with E-state index in [1.54, 1.807) is 17.3 Å². The number of aromatic nitrogens is 2. The number of carbonyl (C=O) groups excluding carboxylic acids is 1. The fourth-order valence-corrected chi connectivity index (χ4v) is 7.91. The second-order valence-corrected chi connectivity index (χ2v) is 15.3. The number of carboxylic acids is 1. The first kappa shape index (κ1) is 44.0. The minimum atomic E-state index is -0.667. The largest absolute Gasteiger partial charge is 1.00 e. The number of aliphatic hydroxyl groups is 1. The molecule has 2 N–H and O–H groups in total. The normalized spacial score (nSPS) is 20.9. The molecule has 0 bridgehead atoms. The maximum absolute atomic E-state index is 12.4. The third-order valence-corrected chi connectivity index (χ3v) is 11.3.